The van der Waals surface area contributed by atoms with E-state index in [2.05, 4.69) is 4.98 Å². The molecule has 0 atom stereocenters. The molecule has 0 aliphatic carbocycles. The first kappa shape index (κ1) is 19.5. The van der Waals surface area contributed by atoms with Crippen molar-refractivity contribution in [3.63, 3.8) is 0 Å². The van der Waals surface area contributed by atoms with Gasteiger partial charge in [-0.25, -0.2) is 9.78 Å². The molecule has 28 heavy (non-hydrogen) atoms. The fourth-order valence-corrected chi connectivity index (χ4v) is 2.81. The Morgan fingerprint density at radius 3 is 2.43 bits per heavy atom. The van der Waals surface area contributed by atoms with Crippen LogP contribution in [0, 0.1) is 6.92 Å². The molecule has 0 aliphatic heterocycles. The summed E-state index contributed by atoms with van der Waals surface area (Å²) in [7, 11) is 0. The molecule has 0 saturated carbocycles. The zero-order valence-corrected chi connectivity index (χ0v) is 16.1. The number of rotatable bonds is 8. The lowest BCUT2D eigenvalue weighted by atomic mass is 10.2. The number of ether oxygens (including phenoxy) is 3. The molecule has 2 aromatic heterocycles. The third-order valence-corrected chi connectivity index (χ3v) is 4.07. The summed E-state index contributed by atoms with van der Waals surface area (Å²) >= 11 is 0. The quantitative estimate of drug-likeness (QED) is 0.550. The first-order valence-electron chi connectivity index (χ1n) is 9.06. The van der Waals surface area contributed by atoms with Gasteiger partial charge in [0.1, 0.15) is 41.1 Å². The number of hydrogen-bond donors (Lipinski definition) is 0. The van der Waals surface area contributed by atoms with Gasteiger partial charge in [-0.3, -0.25) is 9.36 Å². The van der Waals surface area contributed by atoms with E-state index >= 15 is 0 Å². The van der Waals surface area contributed by atoms with E-state index in [4.69, 9.17) is 18.6 Å². The molecule has 8 heteroatoms. The maximum absolute atomic E-state index is 12.8. The summed E-state index contributed by atoms with van der Waals surface area (Å²) in [5.41, 5.74) is -0.134. The Labute approximate surface area is 161 Å². The van der Waals surface area contributed by atoms with Gasteiger partial charge in [-0.2, -0.15) is 0 Å². The minimum absolute atomic E-state index is 0.120. The van der Waals surface area contributed by atoms with Crippen molar-refractivity contribution in [1.82, 2.24) is 9.55 Å². The van der Waals surface area contributed by atoms with Crippen LogP contribution in [0.15, 0.2) is 39.8 Å². The molecule has 0 radical (unpaired) electrons. The largest absolute Gasteiger partial charge is 0.494 e. The minimum Gasteiger partial charge on any atom is -0.494 e. The maximum Gasteiger partial charge on any atom is 0.342 e. The molecule has 8 nitrogen and oxygen atoms in total. The Balaban J connectivity index is 1.76. The lowest BCUT2D eigenvalue weighted by Gasteiger charge is -2.09. The van der Waals surface area contributed by atoms with Crippen LogP contribution in [-0.2, 0) is 11.3 Å². The van der Waals surface area contributed by atoms with Crippen molar-refractivity contribution in [1.29, 1.82) is 0 Å². The summed E-state index contributed by atoms with van der Waals surface area (Å²) in [6.45, 7) is 6.54. The molecule has 0 saturated heterocycles. The van der Waals surface area contributed by atoms with Crippen LogP contribution in [0.25, 0.3) is 11.1 Å². The second kappa shape index (κ2) is 8.60. The molecule has 0 spiro atoms. The van der Waals surface area contributed by atoms with Gasteiger partial charge in [0.25, 0.3) is 5.56 Å². The number of esters is 1. The van der Waals surface area contributed by atoms with Gasteiger partial charge in [-0.15, -0.1) is 0 Å². The molecule has 148 valence electrons. The number of carbonyl (C=O) groups is 1. The second-order valence-corrected chi connectivity index (χ2v) is 5.93. The third kappa shape index (κ3) is 4.00. The van der Waals surface area contributed by atoms with E-state index in [1.807, 2.05) is 19.1 Å². The SMILES string of the molecule is CCOC(=O)c1c(C)oc2ncn(CCOc3ccc(OCC)cc3)c(=O)c12. The van der Waals surface area contributed by atoms with E-state index in [0.29, 0.717) is 18.1 Å². The summed E-state index contributed by atoms with van der Waals surface area (Å²) in [5, 5.41) is 0.125. The highest BCUT2D eigenvalue weighted by Crippen LogP contribution is 2.22. The third-order valence-electron chi connectivity index (χ3n) is 4.07. The highest BCUT2D eigenvalue weighted by Gasteiger charge is 2.23. The molecule has 2 heterocycles. The Morgan fingerprint density at radius 2 is 1.79 bits per heavy atom. The molecule has 3 aromatic rings. The van der Waals surface area contributed by atoms with Crippen molar-refractivity contribution in [3.8, 4) is 11.5 Å². The second-order valence-electron chi connectivity index (χ2n) is 5.93. The Morgan fingerprint density at radius 1 is 1.11 bits per heavy atom. The molecular formula is C20H22N2O6. The standard InChI is InChI=1S/C20H22N2O6/c1-4-25-14-6-8-15(9-7-14)27-11-10-22-12-21-18-17(19(22)23)16(13(3)28-18)20(24)26-5-2/h6-9,12H,4-5,10-11H2,1-3H3. The summed E-state index contributed by atoms with van der Waals surface area (Å²) in [5.74, 6) is 1.14. The molecule has 0 amide bonds. The number of furan rings is 1. The Hall–Kier alpha value is -3.29. The monoisotopic (exact) mass is 386 g/mol. The predicted octanol–water partition coefficient (Wildman–Crippen LogP) is 2.95. The van der Waals surface area contributed by atoms with Gasteiger partial charge < -0.3 is 18.6 Å². The fourth-order valence-electron chi connectivity index (χ4n) is 2.81. The van der Waals surface area contributed by atoms with E-state index in [9.17, 15) is 9.59 Å². The van der Waals surface area contributed by atoms with Crippen LogP contribution >= 0.6 is 0 Å². The summed E-state index contributed by atoms with van der Waals surface area (Å²) in [4.78, 5) is 29.1. The Kier molecular flexibility index (Phi) is 5.98. The van der Waals surface area contributed by atoms with E-state index in [-0.39, 0.29) is 42.0 Å². The first-order valence-corrected chi connectivity index (χ1v) is 9.06. The zero-order valence-electron chi connectivity index (χ0n) is 16.1. The van der Waals surface area contributed by atoms with Gasteiger partial charge in [0.15, 0.2) is 0 Å². The van der Waals surface area contributed by atoms with Crippen LogP contribution in [0.1, 0.15) is 30.0 Å². The smallest absolute Gasteiger partial charge is 0.342 e. The number of carbonyl (C=O) groups excluding carboxylic acids is 1. The summed E-state index contributed by atoms with van der Waals surface area (Å²) in [6.07, 6.45) is 1.38. The topological polar surface area (TPSA) is 92.8 Å². The van der Waals surface area contributed by atoms with Gasteiger partial charge in [0.05, 0.1) is 19.8 Å². The molecule has 0 bridgehead atoms. The van der Waals surface area contributed by atoms with E-state index in [0.717, 1.165) is 5.75 Å². The number of hydrogen-bond acceptors (Lipinski definition) is 7. The van der Waals surface area contributed by atoms with Crippen LogP contribution in [0.5, 0.6) is 11.5 Å². The van der Waals surface area contributed by atoms with Gasteiger partial charge in [0, 0.05) is 0 Å². The molecule has 0 N–H and O–H groups in total. The van der Waals surface area contributed by atoms with Crippen LogP contribution in [0.4, 0.5) is 0 Å². The summed E-state index contributed by atoms with van der Waals surface area (Å²) < 4.78 is 22.9. The van der Waals surface area contributed by atoms with Gasteiger partial charge in [0.2, 0.25) is 5.71 Å². The molecule has 0 unspecified atom stereocenters. The number of fused-ring (bicyclic) bond motifs is 1. The molecule has 0 fully saturated rings. The maximum atomic E-state index is 12.8. The number of benzene rings is 1. The van der Waals surface area contributed by atoms with Crippen molar-refractivity contribution < 1.29 is 23.4 Å². The molecule has 3 rings (SSSR count). The fraction of sp³-hybridized carbons (Fsp3) is 0.350. The van der Waals surface area contributed by atoms with Crippen molar-refractivity contribution in [2.45, 2.75) is 27.3 Å². The van der Waals surface area contributed by atoms with E-state index < -0.39 is 5.97 Å². The lowest BCUT2D eigenvalue weighted by molar-refractivity contribution is 0.0526. The van der Waals surface area contributed by atoms with E-state index in [1.54, 1.807) is 26.0 Å². The average molecular weight is 386 g/mol. The Bertz CT molecular complexity index is 1020. The van der Waals surface area contributed by atoms with Crippen molar-refractivity contribution in [2.75, 3.05) is 19.8 Å². The van der Waals surface area contributed by atoms with Gasteiger partial charge in [-0.1, -0.05) is 0 Å². The molecule has 1 aromatic carbocycles. The van der Waals surface area contributed by atoms with Gasteiger partial charge in [-0.05, 0) is 45.0 Å². The van der Waals surface area contributed by atoms with Gasteiger partial charge >= 0.3 is 5.97 Å². The van der Waals surface area contributed by atoms with Crippen LogP contribution < -0.4 is 15.0 Å². The molecular weight excluding hydrogens is 364 g/mol. The predicted molar refractivity (Wildman–Crippen MR) is 102 cm³/mol. The normalized spacial score (nSPS) is 10.8. The number of nitrogens with zero attached hydrogens (tertiary/aromatic N) is 2. The van der Waals surface area contributed by atoms with Crippen LogP contribution in [0.2, 0.25) is 0 Å². The average Bonchev–Trinajstić information content (AvgIpc) is 3.02. The van der Waals surface area contributed by atoms with Crippen LogP contribution in [-0.4, -0.2) is 35.3 Å². The minimum atomic E-state index is -0.596. The van der Waals surface area contributed by atoms with Crippen molar-refractivity contribution >= 4 is 17.1 Å². The summed E-state index contributed by atoms with van der Waals surface area (Å²) in [6, 6.07) is 7.23. The lowest BCUT2D eigenvalue weighted by Crippen LogP contribution is -2.24. The van der Waals surface area contributed by atoms with E-state index in [1.165, 1.54) is 10.9 Å². The first-order chi connectivity index (χ1) is 13.5. The van der Waals surface area contributed by atoms with Crippen LogP contribution in [0.3, 0.4) is 0 Å². The number of aromatic nitrogens is 2. The number of aryl methyl sites for hydroxylation is 1. The van der Waals surface area contributed by atoms with Crippen molar-refractivity contribution in [3.05, 3.63) is 52.3 Å². The molecule has 0 aliphatic rings. The zero-order chi connectivity index (χ0) is 20.1. The highest BCUT2D eigenvalue weighted by atomic mass is 16.5. The highest BCUT2D eigenvalue weighted by molar-refractivity contribution is 6.03. The van der Waals surface area contributed by atoms with Crippen molar-refractivity contribution in [2.24, 2.45) is 0 Å².